The molecule has 0 bridgehead atoms. The molecule has 1 N–H and O–H groups in total. The van der Waals surface area contributed by atoms with Gasteiger partial charge < -0.3 is 10.0 Å². The lowest BCUT2D eigenvalue weighted by molar-refractivity contribution is 0.0786. The number of hydrogen-bond acceptors (Lipinski definition) is 2. The van der Waals surface area contributed by atoms with Gasteiger partial charge in [0.25, 0.3) is 0 Å². The summed E-state index contributed by atoms with van der Waals surface area (Å²) in [7, 11) is 0. The minimum Gasteiger partial charge on any atom is -0.386 e. The molecule has 1 fully saturated rings. The summed E-state index contributed by atoms with van der Waals surface area (Å²) in [5.74, 6) is 0. The minimum atomic E-state index is -0.736. The fraction of sp³-hybridized carbons (Fsp3) is 0.571. The predicted octanol–water partition coefficient (Wildman–Crippen LogP) is 2.90. The number of aliphatic hydroxyl groups is 1. The van der Waals surface area contributed by atoms with Gasteiger partial charge in [0.2, 0.25) is 0 Å². The molecule has 1 aromatic rings. The van der Waals surface area contributed by atoms with E-state index in [1.807, 2.05) is 26.0 Å². The van der Waals surface area contributed by atoms with Crippen molar-refractivity contribution in [2.24, 2.45) is 0 Å². The molecule has 88 valence electrons. The third kappa shape index (κ3) is 2.56. The Morgan fingerprint density at radius 2 is 1.56 bits per heavy atom. The van der Waals surface area contributed by atoms with Crippen molar-refractivity contribution in [2.45, 2.75) is 38.7 Å². The molecule has 1 aromatic carbocycles. The maximum Gasteiger partial charge on any atom is 0.0840 e. The van der Waals surface area contributed by atoms with Crippen LogP contribution in [0.5, 0.6) is 0 Å². The molecule has 2 heteroatoms. The zero-order chi connectivity index (χ0) is 11.6. The number of benzene rings is 1. The number of nitrogens with zero attached hydrogens (tertiary/aromatic N) is 1. The van der Waals surface area contributed by atoms with E-state index in [2.05, 4.69) is 17.0 Å². The van der Waals surface area contributed by atoms with E-state index in [9.17, 15) is 5.11 Å². The van der Waals surface area contributed by atoms with Gasteiger partial charge >= 0.3 is 0 Å². The van der Waals surface area contributed by atoms with Gasteiger partial charge in [-0.3, -0.25) is 0 Å². The number of hydrogen-bond donors (Lipinski definition) is 1. The van der Waals surface area contributed by atoms with E-state index in [-0.39, 0.29) is 0 Å². The molecular formula is C14H21NO. The zero-order valence-corrected chi connectivity index (χ0v) is 10.2. The summed E-state index contributed by atoms with van der Waals surface area (Å²) in [4.78, 5) is 2.43. The van der Waals surface area contributed by atoms with E-state index < -0.39 is 5.60 Å². The Balaban J connectivity index is 2.12. The molecule has 0 saturated carbocycles. The average molecular weight is 219 g/mol. The van der Waals surface area contributed by atoms with Gasteiger partial charge in [0, 0.05) is 18.8 Å². The van der Waals surface area contributed by atoms with Crippen LogP contribution in [-0.4, -0.2) is 18.2 Å². The first kappa shape index (κ1) is 11.5. The Hall–Kier alpha value is -1.02. The zero-order valence-electron chi connectivity index (χ0n) is 10.2. The molecule has 1 aliphatic rings. The van der Waals surface area contributed by atoms with E-state index in [1.54, 1.807) is 0 Å². The van der Waals surface area contributed by atoms with Crippen molar-refractivity contribution in [3.8, 4) is 0 Å². The predicted molar refractivity (Wildman–Crippen MR) is 67.8 cm³/mol. The van der Waals surface area contributed by atoms with Crippen LogP contribution in [0.3, 0.4) is 0 Å². The van der Waals surface area contributed by atoms with Crippen LogP contribution in [0.1, 0.15) is 38.7 Å². The number of rotatable bonds is 2. The van der Waals surface area contributed by atoms with Crippen LogP contribution in [0.4, 0.5) is 5.69 Å². The summed E-state index contributed by atoms with van der Waals surface area (Å²) in [5.41, 5.74) is 1.53. The molecule has 2 rings (SSSR count). The standard InChI is InChI=1S/C14H21NO/c1-14(2,16)12-6-8-13(9-7-12)15-10-4-3-5-11-15/h6-9,16H,3-5,10-11H2,1-2H3. The van der Waals surface area contributed by atoms with Gasteiger partial charge in [-0.15, -0.1) is 0 Å². The van der Waals surface area contributed by atoms with Gasteiger partial charge in [0.05, 0.1) is 5.60 Å². The second kappa shape index (κ2) is 4.46. The van der Waals surface area contributed by atoms with Crippen LogP contribution < -0.4 is 4.90 Å². The molecular weight excluding hydrogens is 198 g/mol. The molecule has 0 spiro atoms. The molecule has 1 saturated heterocycles. The molecule has 16 heavy (non-hydrogen) atoms. The first-order chi connectivity index (χ1) is 7.57. The Kier molecular flexibility index (Phi) is 3.20. The van der Waals surface area contributed by atoms with Crippen molar-refractivity contribution in [3.63, 3.8) is 0 Å². The Morgan fingerprint density at radius 3 is 2.06 bits per heavy atom. The van der Waals surface area contributed by atoms with Crippen LogP contribution in [0, 0.1) is 0 Å². The molecule has 1 heterocycles. The molecule has 0 unspecified atom stereocenters. The minimum absolute atomic E-state index is 0.736. The van der Waals surface area contributed by atoms with Crippen LogP contribution in [0.2, 0.25) is 0 Å². The van der Waals surface area contributed by atoms with Crippen molar-refractivity contribution in [3.05, 3.63) is 29.8 Å². The van der Waals surface area contributed by atoms with Gasteiger partial charge in [0.1, 0.15) is 0 Å². The maximum absolute atomic E-state index is 9.88. The largest absolute Gasteiger partial charge is 0.386 e. The van der Waals surface area contributed by atoms with Crippen molar-refractivity contribution in [1.29, 1.82) is 0 Å². The van der Waals surface area contributed by atoms with E-state index in [4.69, 9.17) is 0 Å². The van der Waals surface area contributed by atoms with Crippen molar-refractivity contribution in [1.82, 2.24) is 0 Å². The molecule has 0 aromatic heterocycles. The van der Waals surface area contributed by atoms with E-state index >= 15 is 0 Å². The number of anilines is 1. The van der Waals surface area contributed by atoms with Crippen LogP contribution in [0.15, 0.2) is 24.3 Å². The Labute approximate surface area is 97.9 Å². The highest BCUT2D eigenvalue weighted by Gasteiger charge is 2.16. The fourth-order valence-corrected chi connectivity index (χ4v) is 2.23. The van der Waals surface area contributed by atoms with Crippen molar-refractivity contribution < 1.29 is 5.11 Å². The molecule has 0 amide bonds. The second-order valence-corrected chi connectivity index (χ2v) is 5.15. The SMILES string of the molecule is CC(C)(O)c1ccc(N2CCCCC2)cc1. The highest BCUT2D eigenvalue weighted by atomic mass is 16.3. The molecule has 0 atom stereocenters. The number of piperidine rings is 1. The topological polar surface area (TPSA) is 23.5 Å². The highest BCUT2D eigenvalue weighted by molar-refractivity contribution is 5.48. The van der Waals surface area contributed by atoms with Crippen LogP contribution in [0.25, 0.3) is 0 Å². The second-order valence-electron chi connectivity index (χ2n) is 5.15. The summed E-state index contributed by atoms with van der Waals surface area (Å²) in [6, 6.07) is 8.31. The quantitative estimate of drug-likeness (QED) is 0.826. The maximum atomic E-state index is 9.88. The molecule has 0 aliphatic carbocycles. The molecule has 1 aliphatic heterocycles. The van der Waals surface area contributed by atoms with Crippen molar-refractivity contribution >= 4 is 5.69 Å². The lowest BCUT2D eigenvalue weighted by atomic mass is 9.98. The molecule has 2 nitrogen and oxygen atoms in total. The lowest BCUT2D eigenvalue weighted by Gasteiger charge is -2.29. The Bertz CT molecular complexity index is 331. The molecule has 0 radical (unpaired) electrons. The average Bonchev–Trinajstić information content (AvgIpc) is 2.29. The smallest absolute Gasteiger partial charge is 0.0840 e. The van der Waals surface area contributed by atoms with E-state index in [0.29, 0.717) is 0 Å². The van der Waals surface area contributed by atoms with Gasteiger partial charge in [-0.05, 0) is 50.8 Å². The first-order valence-corrected chi connectivity index (χ1v) is 6.15. The summed E-state index contributed by atoms with van der Waals surface area (Å²) >= 11 is 0. The van der Waals surface area contributed by atoms with Gasteiger partial charge in [0.15, 0.2) is 0 Å². The van der Waals surface area contributed by atoms with Crippen molar-refractivity contribution in [2.75, 3.05) is 18.0 Å². The fourth-order valence-electron chi connectivity index (χ4n) is 2.23. The monoisotopic (exact) mass is 219 g/mol. The van der Waals surface area contributed by atoms with E-state index in [0.717, 1.165) is 5.56 Å². The van der Waals surface area contributed by atoms with Gasteiger partial charge in [-0.2, -0.15) is 0 Å². The van der Waals surface area contributed by atoms with Gasteiger partial charge in [-0.25, -0.2) is 0 Å². The third-order valence-electron chi connectivity index (χ3n) is 3.29. The normalized spacial score (nSPS) is 17.6. The first-order valence-electron chi connectivity index (χ1n) is 6.15. The van der Waals surface area contributed by atoms with Crippen LogP contribution >= 0.6 is 0 Å². The highest BCUT2D eigenvalue weighted by Crippen LogP contribution is 2.24. The summed E-state index contributed by atoms with van der Waals surface area (Å²) in [5, 5.41) is 9.88. The van der Waals surface area contributed by atoms with E-state index in [1.165, 1.54) is 38.0 Å². The summed E-state index contributed by atoms with van der Waals surface area (Å²) in [6.45, 7) is 5.98. The Morgan fingerprint density at radius 1 is 1.00 bits per heavy atom. The summed E-state index contributed by atoms with van der Waals surface area (Å²) in [6.07, 6.45) is 3.96. The lowest BCUT2D eigenvalue weighted by Crippen LogP contribution is -2.29. The van der Waals surface area contributed by atoms with Gasteiger partial charge in [-0.1, -0.05) is 12.1 Å². The van der Waals surface area contributed by atoms with Crippen LogP contribution in [-0.2, 0) is 5.60 Å². The summed E-state index contributed by atoms with van der Waals surface area (Å²) < 4.78 is 0. The third-order valence-corrected chi connectivity index (χ3v) is 3.29.